The number of anilines is 1. The number of aromatic nitrogens is 2. The third-order valence-corrected chi connectivity index (χ3v) is 1.26. The lowest BCUT2D eigenvalue weighted by atomic mass is 10.7. The highest BCUT2D eigenvalue weighted by Crippen LogP contribution is 1.94. The molecule has 1 N–H and O–H groups in total. The van der Waals surface area contributed by atoms with Crippen LogP contribution in [0.5, 0.6) is 0 Å². The van der Waals surface area contributed by atoms with Crippen LogP contribution in [0.2, 0.25) is 0 Å². The standard InChI is InChI=1S/C5H4N4O3S/c10-5(9-13(11)12)8-4-6-2-1-3-7-4/h1-3H,(H,6,7,8,10). The summed E-state index contributed by atoms with van der Waals surface area (Å²) in [6, 6.07) is 0.526. The Morgan fingerprint density at radius 1 is 1.38 bits per heavy atom. The quantitative estimate of drug-likeness (QED) is 0.691. The molecule has 13 heavy (non-hydrogen) atoms. The van der Waals surface area contributed by atoms with Crippen LogP contribution in [0.4, 0.5) is 10.7 Å². The molecule has 0 spiro atoms. The molecule has 0 aromatic carbocycles. The summed E-state index contributed by atoms with van der Waals surface area (Å²) in [4.78, 5) is 17.9. The van der Waals surface area contributed by atoms with Gasteiger partial charge >= 0.3 is 16.5 Å². The average Bonchev–Trinajstić information content (AvgIpc) is 2.04. The van der Waals surface area contributed by atoms with Crippen LogP contribution in [-0.4, -0.2) is 24.4 Å². The molecule has 0 aliphatic carbocycles. The van der Waals surface area contributed by atoms with Gasteiger partial charge in [-0.05, 0) is 6.07 Å². The maximum atomic E-state index is 10.7. The fourth-order valence-corrected chi connectivity index (χ4v) is 0.731. The number of carbonyl (C=O) groups excluding carboxylic acids is 1. The molecule has 2 amide bonds. The SMILES string of the molecule is O=C(N=S(=O)=O)Nc1ncccn1. The molecule has 0 aliphatic heterocycles. The van der Waals surface area contributed by atoms with Crippen molar-refractivity contribution in [1.82, 2.24) is 9.97 Å². The van der Waals surface area contributed by atoms with Crippen LogP contribution in [0.25, 0.3) is 0 Å². The van der Waals surface area contributed by atoms with Gasteiger partial charge < -0.3 is 0 Å². The first-order chi connectivity index (χ1) is 6.18. The van der Waals surface area contributed by atoms with E-state index in [4.69, 9.17) is 0 Å². The normalized spacial score (nSPS) is 8.92. The molecular weight excluding hydrogens is 196 g/mol. The molecule has 1 rings (SSSR count). The molecule has 0 atom stereocenters. The van der Waals surface area contributed by atoms with Gasteiger partial charge in [0, 0.05) is 12.4 Å². The van der Waals surface area contributed by atoms with Crippen LogP contribution in [0.15, 0.2) is 22.8 Å². The summed E-state index contributed by atoms with van der Waals surface area (Å²) in [6.45, 7) is 0. The number of urea groups is 1. The van der Waals surface area contributed by atoms with Gasteiger partial charge in [-0.2, -0.15) is 8.42 Å². The Morgan fingerprint density at radius 2 is 2.00 bits per heavy atom. The van der Waals surface area contributed by atoms with Gasteiger partial charge in [-0.3, -0.25) is 5.32 Å². The molecule has 1 heterocycles. The van der Waals surface area contributed by atoms with Crippen molar-refractivity contribution in [3.05, 3.63) is 18.5 Å². The van der Waals surface area contributed by atoms with Gasteiger partial charge in [0.05, 0.1) is 0 Å². The second-order valence-electron chi connectivity index (χ2n) is 1.81. The van der Waals surface area contributed by atoms with E-state index in [1.54, 1.807) is 6.07 Å². The molecule has 1 aromatic heterocycles. The van der Waals surface area contributed by atoms with Crippen molar-refractivity contribution >= 4 is 22.5 Å². The Kier molecular flexibility index (Phi) is 3.03. The summed E-state index contributed by atoms with van der Waals surface area (Å²) in [5.41, 5.74) is 0. The van der Waals surface area contributed by atoms with Gasteiger partial charge in [0.25, 0.3) is 0 Å². The minimum absolute atomic E-state index is 0.00157. The third-order valence-electron chi connectivity index (χ3n) is 0.942. The van der Waals surface area contributed by atoms with Crippen LogP contribution in [0.1, 0.15) is 0 Å². The number of hydrogen-bond donors (Lipinski definition) is 1. The molecule has 0 bridgehead atoms. The summed E-state index contributed by atoms with van der Waals surface area (Å²) < 4.78 is 22.5. The second kappa shape index (κ2) is 4.26. The summed E-state index contributed by atoms with van der Waals surface area (Å²) in [7, 11) is -2.76. The zero-order valence-electron chi connectivity index (χ0n) is 6.21. The summed E-state index contributed by atoms with van der Waals surface area (Å²) in [6.07, 6.45) is 2.80. The molecule has 7 nitrogen and oxygen atoms in total. The number of hydrogen-bond acceptors (Lipinski definition) is 5. The van der Waals surface area contributed by atoms with Crippen LogP contribution in [-0.2, 0) is 10.5 Å². The zero-order valence-corrected chi connectivity index (χ0v) is 7.02. The molecule has 0 saturated carbocycles. The third kappa shape index (κ3) is 3.38. The fraction of sp³-hybridized carbons (Fsp3) is 0. The van der Waals surface area contributed by atoms with Crippen molar-refractivity contribution in [2.75, 3.05) is 5.32 Å². The maximum absolute atomic E-state index is 10.7. The highest BCUT2D eigenvalue weighted by Gasteiger charge is 2.00. The molecular formula is C5H4N4O3S. The molecule has 68 valence electrons. The maximum Gasteiger partial charge on any atom is 0.362 e. The largest absolute Gasteiger partial charge is 0.362 e. The number of carbonyl (C=O) groups is 1. The molecule has 0 saturated heterocycles. The average molecular weight is 200 g/mol. The number of nitrogens with one attached hydrogen (secondary N) is 1. The van der Waals surface area contributed by atoms with Crippen LogP contribution >= 0.6 is 0 Å². The van der Waals surface area contributed by atoms with Crippen molar-refractivity contribution in [2.24, 2.45) is 4.36 Å². The predicted octanol–water partition coefficient (Wildman–Crippen LogP) is 0.0712. The van der Waals surface area contributed by atoms with Crippen LogP contribution in [0, 0.1) is 0 Å². The first-order valence-corrected chi connectivity index (χ1v) is 4.11. The van der Waals surface area contributed by atoms with E-state index in [9.17, 15) is 13.2 Å². The minimum atomic E-state index is -2.76. The van der Waals surface area contributed by atoms with Gasteiger partial charge in [0.2, 0.25) is 5.95 Å². The second-order valence-corrected chi connectivity index (χ2v) is 2.43. The molecule has 1 aromatic rings. The van der Waals surface area contributed by atoms with Crippen LogP contribution in [0.3, 0.4) is 0 Å². The zero-order chi connectivity index (χ0) is 9.68. The molecule has 0 fully saturated rings. The van der Waals surface area contributed by atoms with E-state index in [-0.39, 0.29) is 5.95 Å². The van der Waals surface area contributed by atoms with Gasteiger partial charge in [0.15, 0.2) is 0 Å². The topological polar surface area (TPSA) is 101 Å². The van der Waals surface area contributed by atoms with Crippen molar-refractivity contribution in [3.8, 4) is 0 Å². The van der Waals surface area contributed by atoms with Crippen molar-refractivity contribution < 1.29 is 13.2 Å². The highest BCUT2D eigenvalue weighted by molar-refractivity contribution is 7.62. The van der Waals surface area contributed by atoms with Gasteiger partial charge in [-0.25, -0.2) is 14.8 Å². The van der Waals surface area contributed by atoms with E-state index < -0.39 is 16.5 Å². The first-order valence-electron chi connectivity index (χ1n) is 3.07. The van der Waals surface area contributed by atoms with Crippen molar-refractivity contribution in [2.45, 2.75) is 0 Å². The van der Waals surface area contributed by atoms with Crippen molar-refractivity contribution in [3.63, 3.8) is 0 Å². The van der Waals surface area contributed by atoms with E-state index in [1.807, 2.05) is 0 Å². The van der Waals surface area contributed by atoms with E-state index in [0.717, 1.165) is 0 Å². The fourth-order valence-electron chi connectivity index (χ4n) is 0.550. The predicted molar refractivity (Wildman–Crippen MR) is 42.4 cm³/mol. The Balaban J connectivity index is 2.72. The summed E-state index contributed by atoms with van der Waals surface area (Å²) >= 11 is 0. The van der Waals surface area contributed by atoms with E-state index in [1.165, 1.54) is 12.4 Å². The lowest BCUT2D eigenvalue weighted by Gasteiger charge is -1.94. The first kappa shape index (κ1) is 9.26. The van der Waals surface area contributed by atoms with Crippen molar-refractivity contribution in [1.29, 1.82) is 0 Å². The van der Waals surface area contributed by atoms with Gasteiger partial charge in [-0.1, -0.05) is 4.36 Å². The van der Waals surface area contributed by atoms with Crippen LogP contribution < -0.4 is 5.32 Å². The van der Waals surface area contributed by atoms with Gasteiger partial charge in [-0.15, -0.1) is 0 Å². The Morgan fingerprint density at radius 3 is 2.54 bits per heavy atom. The van der Waals surface area contributed by atoms with E-state index in [2.05, 4.69) is 19.6 Å². The number of nitrogens with zero attached hydrogens (tertiary/aromatic N) is 3. The summed E-state index contributed by atoms with van der Waals surface area (Å²) in [5, 5.41) is 2.05. The Bertz CT molecular complexity index is 418. The molecule has 0 aliphatic rings. The lowest BCUT2D eigenvalue weighted by molar-refractivity contribution is 0.259. The minimum Gasteiger partial charge on any atom is -0.273 e. The lowest BCUT2D eigenvalue weighted by Crippen LogP contribution is -2.08. The number of amides is 2. The number of rotatable bonds is 1. The Hall–Kier alpha value is -1.83. The van der Waals surface area contributed by atoms with E-state index in [0.29, 0.717) is 0 Å². The van der Waals surface area contributed by atoms with E-state index >= 15 is 0 Å². The summed E-state index contributed by atoms with van der Waals surface area (Å²) in [5.74, 6) is 0.00157. The molecule has 0 unspecified atom stereocenters. The molecule has 8 heteroatoms. The Labute approximate surface area is 74.5 Å². The van der Waals surface area contributed by atoms with Gasteiger partial charge in [0.1, 0.15) is 0 Å². The monoisotopic (exact) mass is 200 g/mol. The highest BCUT2D eigenvalue weighted by atomic mass is 32.2. The molecule has 0 radical (unpaired) electrons. The smallest absolute Gasteiger partial charge is 0.273 e.